The Morgan fingerprint density at radius 2 is 0.699 bits per heavy atom. The Morgan fingerprint density at radius 1 is 0.370 bits per heavy atom. The van der Waals surface area contributed by atoms with Crippen molar-refractivity contribution in [1.82, 2.24) is 24.5 Å². The molecule has 5 aliphatic heterocycles. The van der Waals surface area contributed by atoms with Crippen LogP contribution in [0.3, 0.4) is 0 Å². The van der Waals surface area contributed by atoms with Crippen molar-refractivity contribution in [3.05, 3.63) is 37.2 Å². The van der Waals surface area contributed by atoms with Gasteiger partial charge >= 0.3 is 0 Å². The van der Waals surface area contributed by atoms with Crippen molar-refractivity contribution in [2.24, 2.45) is 27.1 Å². The Hall–Kier alpha value is -2.88. The van der Waals surface area contributed by atoms with Gasteiger partial charge in [-0.3, -0.25) is 9.59 Å². The summed E-state index contributed by atoms with van der Waals surface area (Å²) in [6, 6.07) is 2.14. The van der Waals surface area contributed by atoms with Crippen LogP contribution in [0.15, 0.2) is 37.2 Å². The van der Waals surface area contributed by atoms with Gasteiger partial charge in [0.2, 0.25) is 11.8 Å². The topological polar surface area (TPSA) is 78.0 Å². The third-order valence-corrected chi connectivity index (χ3v) is 14.7. The number of amides is 2. The molecule has 2 amide bonds. The first-order valence-corrected chi connectivity index (χ1v) is 28.1. The molecular formula is C63H121N5O5. The van der Waals surface area contributed by atoms with Crippen LogP contribution in [0.1, 0.15) is 246 Å². The molecule has 0 aromatic rings. The molecule has 10 heteroatoms. The van der Waals surface area contributed by atoms with E-state index in [-0.39, 0.29) is 67.9 Å². The molecule has 5 aliphatic rings. The third-order valence-electron chi connectivity index (χ3n) is 14.7. The van der Waals surface area contributed by atoms with Gasteiger partial charge in [0.1, 0.15) is 13.2 Å². The van der Waals surface area contributed by atoms with Gasteiger partial charge in [0.25, 0.3) is 0 Å². The summed E-state index contributed by atoms with van der Waals surface area (Å²) in [7, 11) is 0. The Bertz CT molecular complexity index is 1630. The highest BCUT2D eigenvalue weighted by Gasteiger charge is 2.46. The van der Waals surface area contributed by atoms with E-state index in [9.17, 15) is 9.59 Å². The molecule has 73 heavy (non-hydrogen) atoms. The maximum absolute atomic E-state index is 12.0. The Morgan fingerprint density at radius 3 is 1.01 bits per heavy atom. The summed E-state index contributed by atoms with van der Waals surface area (Å²) in [5, 5.41) is 0. The zero-order chi connectivity index (χ0) is 57.9. The summed E-state index contributed by atoms with van der Waals surface area (Å²) in [4.78, 5) is 35.2. The number of morpholine rings is 1. The van der Waals surface area contributed by atoms with Gasteiger partial charge in [-0.25, -0.2) is 0 Å². The quantitative estimate of drug-likeness (QED) is 0.237. The van der Waals surface area contributed by atoms with Crippen LogP contribution in [0.2, 0.25) is 0 Å². The van der Waals surface area contributed by atoms with E-state index in [0.29, 0.717) is 42.1 Å². The number of hydrogen-bond donors (Lipinski definition) is 0. The van der Waals surface area contributed by atoms with E-state index in [4.69, 9.17) is 14.2 Å². The molecule has 428 valence electrons. The molecule has 5 unspecified atom stereocenters. The average Bonchev–Trinajstić information content (AvgIpc) is 3.77. The zero-order valence-corrected chi connectivity index (χ0v) is 53.9. The number of carbonyl (C=O) groups is 2. The van der Waals surface area contributed by atoms with Gasteiger partial charge < -0.3 is 38.7 Å². The molecule has 0 radical (unpaired) electrons. The van der Waals surface area contributed by atoms with E-state index in [1.807, 2.05) is 4.90 Å². The van der Waals surface area contributed by atoms with Gasteiger partial charge in [0.05, 0.1) is 25.3 Å². The fourth-order valence-electron chi connectivity index (χ4n) is 11.4. The number of ether oxygens (including phenoxy) is 3. The van der Waals surface area contributed by atoms with Crippen LogP contribution in [0, 0.1) is 27.1 Å². The maximum atomic E-state index is 12.0. The van der Waals surface area contributed by atoms with Crippen molar-refractivity contribution in [2.75, 3.05) is 26.4 Å². The predicted octanol–water partition coefficient (Wildman–Crippen LogP) is 15.5. The molecular weight excluding hydrogens is 907 g/mol. The van der Waals surface area contributed by atoms with Crippen LogP contribution in [-0.2, 0) is 23.8 Å². The molecule has 0 aromatic heterocycles. The third kappa shape index (κ3) is 19.9. The smallest absolute Gasteiger partial charge is 0.249 e. The van der Waals surface area contributed by atoms with E-state index < -0.39 is 0 Å². The minimum absolute atomic E-state index is 0.0462. The molecule has 5 heterocycles. The summed E-state index contributed by atoms with van der Waals surface area (Å²) in [6.07, 6.45) is 6.43. The normalized spacial score (nSPS) is 24.3. The highest BCUT2D eigenvalue weighted by Crippen LogP contribution is 2.43. The summed E-state index contributed by atoms with van der Waals surface area (Å²) in [6.45, 7) is 81.1. The molecule has 0 aromatic carbocycles. The molecule has 0 aliphatic carbocycles. The second-order valence-corrected chi connectivity index (χ2v) is 32.1. The zero-order valence-electron chi connectivity index (χ0n) is 53.9. The lowest BCUT2D eigenvalue weighted by molar-refractivity contribution is -0.162. The van der Waals surface area contributed by atoms with E-state index in [1.165, 1.54) is 18.5 Å². The number of carbonyl (C=O) groups excluding carboxylic acids is 2. The van der Waals surface area contributed by atoms with Gasteiger partial charge in [0, 0.05) is 64.4 Å². The summed E-state index contributed by atoms with van der Waals surface area (Å²) >= 11 is 0. The van der Waals surface area contributed by atoms with E-state index in [2.05, 4.69) is 247 Å². The van der Waals surface area contributed by atoms with Crippen molar-refractivity contribution in [3.8, 4) is 0 Å². The van der Waals surface area contributed by atoms with Crippen molar-refractivity contribution in [1.29, 1.82) is 0 Å². The predicted molar refractivity (Wildman–Crippen MR) is 312 cm³/mol. The molecule has 0 saturated carbocycles. The molecule has 5 atom stereocenters. The highest BCUT2D eigenvalue weighted by molar-refractivity contribution is 5.79. The molecule has 10 nitrogen and oxygen atoms in total. The first-order valence-electron chi connectivity index (χ1n) is 28.1. The van der Waals surface area contributed by atoms with Crippen molar-refractivity contribution < 1.29 is 23.8 Å². The van der Waals surface area contributed by atoms with Crippen LogP contribution >= 0.6 is 0 Å². The van der Waals surface area contributed by atoms with Crippen LogP contribution in [0.25, 0.3) is 0 Å². The Kier molecular flexibility index (Phi) is 22.6. The van der Waals surface area contributed by atoms with Crippen molar-refractivity contribution >= 4 is 11.8 Å². The first-order chi connectivity index (χ1) is 32.2. The number of piperidine rings is 1. The summed E-state index contributed by atoms with van der Waals surface area (Å²) in [5.41, 5.74) is 2.62. The number of nitrogens with zero attached hydrogens (tertiary/aromatic N) is 5. The summed E-state index contributed by atoms with van der Waals surface area (Å²) in [5.74, 6) is 2.08. The lowest BCUT2D eigenvalue weighted by Crippen LogP contribution is -2.61. The summed E-state index contributed by atoms with van der Waals surface area (Å²) < 4.78 is 16.5. The Balaban J connectivity index is 0.000000456. The van der Waals surface area contributed by atoms with Gasteiger partial charge in [-0.1, -0.05) is 110 Å². The monoisotopic (exact) mass is 1030 g/mol. The minimum Gasteiger partial charge on any atom is -0.479 e. The second-order valence-electron chi connectivity index (χ2n) is 32.1. The average molecular weight is 1030 g/mol. The first kappa shape index (κ1) is 68.1. The number of hydrogen-bond acceptors (Lipinski definition) is 8. The molecule has 0 bridgehead atoms. The minimum atomic E-state index is -0.126. The standard InChI is InChI=1S/2C13H25NO.C13H25N.C12H23NO2.C12H23NO/c1-10-14(13(5,6)7)11(8-9-15-10)12(2,3)4;1-12(2,3)10-8-7-9-11(15)14(10)13(4,5)6;1-10-8-9-11(12(2,3)4)14(10)13(5,6)7;1-11(2,3)9-7-15-8-10(14)13(9)12(4,5)6;1-9-13(12(5,6)7)10(8-14-9)11(2,3)4/h11H,1,8-9H2,2-7H3;10H,7-9H2,1-6H3;11H,1,8-9H2,2-7H3;9H,7-8H2,1-6H3;10H,1,8H2,2-7H3. The maximum Gasteiger partial charge on any atom is 0.249 e. The van der Waals surface area contributed by atoms with E-state index in [0.717, 1.165) is 50.7 Å². The molecule has 5 rings (SSSR count). The SMILES string of the molecule is C=C1CCC(C(C)(C)C)N1C(C)(C)C.C=C1OCC(C(C)(C)C)N1C(C)(C)C.C=C1OCCC(C(C)(C)C)N1C(C)(C)C.CC(C)(C)C1CCCC(=O)N1C(C)(C)C.CC(C)(C)C1COCC(=O)N1C(C)(C)C. The lowest BCUT2D eigenvalue weighted by Gasteiger charge is -2.51. The van der Waals surface area contributed by atoms with Crippen LogP contribution in [0.4, 0.5) is 0 Å². The fourth-order valence-corrected chi connectivity index (χ4v) is 11.4. The molecule has 0 spiro atoms. The fraction of sp³-hybridized carbons (Fsp3) is 0.873. The van der Waals surface area contributed by atoms with E-state index >= 15 is 0 Å². The number of likely N-dealkylation sites (tertiary alicyclic amines) is 2. The van der Waals surface area contributed by atoms with Crippen LogP contribution in [-0.4, -0.2) is 121 Å². The number of rotatable bonds is 0. The van der Waals surface area contributed by atoms with Gasteiger partial charge in [-0.05, 0) is 170 Å². The molecule has 5 fully saturated rings. The Labute approximate surface area is 453 Å². The largest absolute Gasteiger partial charge is 0.479 e. The molecule has 0 N–H and O–H groups in total. The van der Waals surface area contributed by atoms with E-state index in [1.54, 1.807) is 0 Å². The number of allylic oxidation sites excluding steroid dienone is 1. The van der Waals surface area contributed by atoms with Gasteiger partial charge in [0.15, 0.2) is 11.8 Å². The molecule has 5 saturated heterocycles. The van der Waals surface area contributed by atoms with Crippen LogP contribution in [0.5, 0.6) is 0 Å². The van der Waals surface area contributed by atoms with Gasteiger partial charge in [-0.2, -0.15) is 0 Å². The van der Waals surface area contributed by atoms with Crippen molar-refractivity contribution in [3.63, 3.8) is 0 Å². The van der Waals surface area contributed by atoms with Crippen LogP contribution < -0.4 is 0 Å². The second kappa shape index (κ2) is 24.2. The van der Waals surface area contributed by atoms with Crippen molar-refractivity contribution in [2.45, 2.75) is 304 Å². The van der Waals surface area contributed by atoms with Gasteiger partial charge in [-0.15, -0.1) is 0 Å². The lowest BCUT2D eigenvalue weighted by atomic mass is 9.78. The highest BCUT2D eigenvalue weighted by atomic mass is 16.5.